The molecular weight excluding hydrogens is 222 g/mol. The quantitative estimate of drug-likeness (QED) is 0.831. The number of nitrogens with one attached hydrogen (secondary N) is 1. The van der Waals surface area contributed by atoms with Crippen molar-refractivity contribution in [2.45, 2.75) is 12.6 Å². The van der Waals surface area contributed by atoms with E-state index in [2.05, 4.69) is 16.8 Å². The van der Waals surface area contributed by atoms with Crippen molar-refractivity contribution in [1.82, 2.24) is 15.1 Å². The van der Waals surface area contributed by atoms with E-state index in [-0.39, 0.29) is 6.03 Å². The average Bonchev–Trinajstić information content (AvgIpc) is 2.90. The maximum atomic E-state index is 12.1. The minimum Gasteiger partial charge on any atom is -0.317 e. The van der Waals surface area contributed by atoms with Gasteiger partial charge in [0.1, 0.15) is 0 Å². The van der Waals surface area contributed by atoms with E-state index in [1.165, 1.54) is 4.88 Å². The summed E-state index contributed by atoms with van der Waals surface area (Å²) in [7, 11) is 0. The number of rotatable bonds is 2. The maximum Gasteiger partial charge on any atom is 0.320 e. The summed E-state index contributed by atoms with van der Waals surface area (Å²) >= 11 is 1.72. The van der Waals surface area contributed by atoms with Crippen molar-refractivity contribution in [3.63, 3.8) is 0 Å². The molecule has 0 bridgehead atoms. The van der Waals surface area contributed by atoms with E-state index in [1.807, 2.05) is 15.9 Å². The van der Waals surface area contributed by atoms with Gasteiger partial charge in [-0.25, -0.2) is 4.79 Å². The summed E-state index contributed by atoms with van der Waals surface area (Å²) in [5.41, 5.74) is 0. The molecule has 0 aromatic carbocycles. The third-order valence-corrected chi connectivity index (χ3v) is 4.09. The molecular formula is C11H15N3OS. The molecule has 1 unspecified atom stereocenters. The van der Waals surface area contributed by atoms with Crippen LogP contribution in [0.5, 0.6) is 0 Å². The van der Waals surface area contributed by atoms with Crippen LogP contribution in [0.25, 0.3) is 0 Å². The lowest BCUT2D eigenvalue weighted by Gasteiger charge is -2.28. The predicted octanol–water partition coefficient (Wildman–Crippen LogP) is 0.958. The molecule has 2 aliphatic rings. The first-order valence-electron chi connectivity index (χ1n) is 5.63. The monoisotopic (exact) mass is 237 g/mol. The van der Waals surface area contributed by atoms with E-state index in [4.69, 9.17) is 0 Å². The second-order valence-electron chi connectivity index (χ2n) is 4.29. The van der Waals surface area contributed by atoms with E-state index < -0.39 is 0 Å². The summed E-state index contributed by atoms with van der Waals surface area (Å²) in [4.78, 5) is 17.3. The Kier molecular flexibility index (Phi) is 2.57. The fourth-order valence-electron chi connectivity index (χ4n) is 2.41. The van der Waals surface area contributed by atoms with Gasteiger partial charge in [-0.15, -0.1) is 11.3 Å². The van der Waals surface area contributed by atoms with Crippen molar-refractivity contribution in [3.8, 4) is 0 Å². The molecule has 2 aliphatic heterocycles. The van der Waals surface area contributed by atoms with E-state index in [1.54, 1.807) is 11.3 Å². The van der Waals surface area contributed by atoms with E-state index >= 15 is 0 Å². The Bertz CT molecular complexity index is 379. The van der Waals surface area contributed by atoms with Crippen LogP contribution in [0.3, 0.4) is 0 Å². The molecule has 3 heterocycles. The lowest BCUT2D eigenvalue weighted by atomic mass is 10.2. The Labute approximate surface area is 98.8 Å². The van der Waals surface area contributed by atoms with Crippen LogP contribution in [0, 0.1) is 0 Å². The van der Waals surface area contributed by atoms with E-state index in [9.17, 15) is 4.79 Å². The van der Waals surface area contributed by atoms with Gasteiger partial charge >= 0.3 is 6.03 Å². The molecule has 16 heavy (non-hydrogen) atoms. The molecule has 2 amide bonds. The normalized spacial score (nSPS) is 25.0. The third-order valence-electron chi connectivity index (χ3n) is 3.22. The van der Waals surface area contributed by atoms with Crippen LogP contribution in [0.15, 0.2) is 17.5 Å². The molecule has 0 aliphatic carbocycles. The summed E-state index contributed by atoms with van der Waals surface area (Å²) < 4.78 is 0. The van der Waals surface area contributed by atoms with Crippen molar-refractivity contribution in [2.75, 3.05) is 26.2 Å². The molecule has 4 nitrogen and oxygen atoms in total. The summed E-state index contributed by atoms with van der Waals surface area (Å²) in [6.45, 7) is 4.35. The molecule has 1 aromatic rings. The van der Waals surface area contributed by atoms with Crippen molar-refractivity contribution in [2.24, 2.45) is 0 Å². The molecule has 86 valence electrons. The highest BCUT2D eigenvalue weighted by Gasteiger charge is 2.38. The van der Waals surface area contributed by atoms with Gasteiger partial charge in [0.15, 0.2) is 0 Å². The van der Waals surface area contributed by atoms with E-state index in [0.717, 1.165) is 32.7 Å². The highest BCUT2D eigenvalue weighted by molar-refractivity contribution is 7.09. The van der Waals surface area contributed by atoms with Crippen molar-refractivity contribution >= 4 is 17.4 Å². The number of piperazine rings is 1. The lowest BCUT2D eigenvalue weighted by Crippen LogP contribution is -2.49. The number of thiophene rings is 1. The van der Waals surface area contributed by atoms with Gasteiger partial charge in [0.25, 0.3) is 0 Å². The Hall–Kier alpha value is -1.07. The highest BCUT2D eigenvalue weighted by atomic mass is 32.1. The van der Waals surface area contributed by atoms with Gasteiger partial charge in [0, 0.05) is 31.1 Å². The zero-order valence-electron chi connectivity index (χ0n) is 9.06. The Balaban J connectivity index is 1.71. The van der Waals surface area contributed by atoms with Gasteiger partial charge < -0.3 is 15.1 Å². The van der Waals surface area contributed by atoms with Crippen LogP contribution in [-0.2, 0) is 6.54 Å². The molecule has 5 heteroatoms. The molecule has 3 rings (SSSR count). The molecule has 0 radical (unpaired) electrons. The molecule has 2 fully saturated rings. The van der Waals surface area contributed by atoms with Crippen LogP contribution in [0.4, 0.5) is 4.79 Å². The topological polar surface area (TPSA) is 35.6 Å². The van der Waals surface area contributed by atoms with Crippen molar-refractivity contribution in [3.05, 3.63) is 22.4 Å². The SMILES string of the molecule is O=C1N(Cc2cccs2)CC2CNCCN12. The first kappa shape index (κ1) is 10.1. The van der Waals surface area contributed by atoms with E-state index in [0.29, 0.717) is 6.04 Å². The number of nitrogens with zero attached hydrogens (tertiary/aromatic N) is 2. The van der Waals surface area contributed by atoms with Crippen molar-refractivity contribution < 1.29 is 4.79 Å². The first-order valence-corrected chi connectivity index (χ1v) is 6.51. The molecule has 2 saturated heterocycles. The number of hydrogen-bond acceptors (Lipinski definition) is 3. The highest BCUT2D eigenvalue weighted by Crippen LogP contribution is 2.21. The molecule has 1 N–H and O–H groups in total. The van der Waals surface area contributed by atoms with Gasteiger partial charge in [-0.3, -0.25) is 0 Å². The van der Waals surface area contributed by atoms with Crippen LogP contribution in [0.2, 0.25) is 0 Å². The van der Waals surface area contributed by atoms with Gasteiger partial charge in [-0.05, 0) is 11.4 Å². The van der Waals surface area contributed by atoms with Crippen LogP contribution in [-0.4, -0.2) is 48.1 Å². The zero-order valence-corrected chi connectivity index (χ0v) is 9.87. The number of hydrogen-bond donors (Lipinski definition) is 1. The number of amides is 2. The summed E-state index contributed by atoms with van der Waals surface area (Å²) in [5, 5.41) is 5.40. The molecule has 1 aromatic heterocycles. The van der Waals surface area contributed by atoms with Gasteiger partial charge in [-0.2, -0.15) is 0 Å². The molecule has 0 saturated carbocycles. The number of urea groups is 1. The zero-order chi connectivity index (χ0) is 11.0. The number of fused-ring (bicyclic) bond motifs is 1. The lowest BCUT2D eigenvalue weighted by molar-refractivity contribution is 0.178. The Morgan fingerprint density at radius 2 is 2.50 bits per heavy atom. The minimum atomic E-state index is 0.208. The van der Waals surface area contributed by atoms with Crippen LogP contribution >= 0.6 is 11.3 Å². The Morgan fingerprint density at radius 3 is 3.25 bits per heavy atom. The third kappa shape index (κ3) is 1.70. The summed E-state index contributed by atoms with van der Waals surface area (Å²) in [6, 6.07) is 4.71. The van der Waals surface area contributed by atoms with Gasteiger partial charge in [-0.1, -0.05) is 6.07 Å². The number of carbonyl (C=O) groups is 1. The second-order valence-corrected chi connectivity index (χ2v) is 5.33. The van der Waals surface area contributed by atoms with Crippen LogP contribution < -0.4 is 5.32 Å². The average molecular weight is 237 g/mol. The fourth-order valence-corrected chi connectivity index (χ4v) is 3.13. The van der Waals surface area contributed by atoms with Crippen LogP contribution in [0.1, 0.15) is 4.88 Å². The number of carbonyl (C=O) groups excluding carboxylic acids is 1. The largest absolute Gasteiger partial charge is 0.320 e. The Morgan fingerprint density at radius 1 is 1.56 bits per heavy atom. The maximum absolute atomic E-state index is 12.1. The van der Waals surface area contributed by atoms with Gasteiger partial charge in [0.05, 0.1) is 12.6 Å². The summed E-state index contributed by atoms with van der Waals surface area (Å²) in [6.07, 6.45) is 0. The van der Waals surface area contributed by atoms with Gasteiger partial charge in [0.2, 0.25) is 0 Å². The standard InChI is InChI=1S/C11H15N3OS/c15-11-13(8-10-2-1-5-16-10)7-9-6-12-3-4-14(9)11/h1-2,5,9,12H,3-4,6-8H2. The predicted molar refractivity (Wildman–Crippen MR) is 63.5 cm³/mol. The fraction of sp³-hybridized carbons (Fsp3) is 0.545. The molecule has 1 atom stereocenters. The summed E-state index contributed by atoms with van der Waals surface area (Å²) in [5.74, 6) is 0. The smallest absolute Gasteiger partial charge is 0.317 e. The molecule has 0 spiro atoms. The minimum absolute atomic E-state index is 0.208. The second kappa shape index (κ2) is 4.07. The first-order chi connectivity index (χ1) is 7.84. The van der Waals surface area contributed by atoms with Crippen molar-refractivity contribution in [1.29, 1.82) is 0 Å².